The second-order valence-electron chi connectivity index (χ2n) is 3.83. The van der Waals surface area contributed by atoms with Crippen LogP contribution in [0.25, 0.3) is 0 Å². The van der Waals surface area contributed by atoms with Gasteiger partial charge in [-0.05, 0) is 24.3 Å². The highest BCUT2D eigenvalue weighted by atomic mass is 35.5. The molecule has 2 aromatic carbocycles. The van der Waals surface area contributed by atoms with Crippen molar-refractivity contribution in [1.29, 1.82) is 0 Å². The molecular weight excluding hydrogens is 312 g/mol. The Hall–Kier alpha value is -1.16. The lowest BCUT2D eigenvalue weighted by Gasteiger charge is -2.11. The first-order valence-corrected chi connectivity index (χ1v) is 6.42. The Balaban J connectivity index is 2.19. The lowest BCUT2D eigenvalue weighted by atomic mass is 10.2. The standard InChI is InChI=1S/C13H9Cl3FNO/c14-9-4-11(16)13(5-10(9)15)19-6-7-3-8(17)1-2-12(7)18/h1-5H,6,18H2. The average molecular weight is 321 g/mol. The molecule has 0 radical (unpaired) electrons. The predicted molar refractivity (Wildman–Crippen MR) is 76.6 cm³/mol. The summed E-state index contributed by atoms with van der Waals surface area (Å²) in [6.45, 7) is 0.0846. The van der Waals surface area contributed by atoms with Gasteiger partial charge >= 0.3 is 0 Å². The van der Waals surface area contributed by atoms with Gasteiger partial charge in [0.15, 0.2) is 0 Å². The molecule has 0 heterocycles. The number of anilines is 1. The SMILES string of the molecule is Nc1ccc(F)cc1COc1cc(Cl)c(Cl)cc1Cl. The second-order valence-corrected chi connectivity index (χ2v) is 5.05. The molecule has 0 amide bonds. The number of ether oxygens (including phenoxy) is 1. The Morgan fingerprint density at radius 2 is 1.68 bits per heavy atom. The normalized spacial score (nSPS) is 10.5. The smallest absolute Gasteiger partial charge is 0.139 e. The van der Waals surface area contributed by atoms with E-state index in [1.807, 2.05) is 0 Å². The van der Waals surface area contributed by atoms with Crippen LogP contribution in [0.3, 0.4) is 0 Å². The Morgan fingerprint density at radius 3 is 2.42 bits per heavy atom. The van der Waals surface area contributed by atoms with Gasteiger partial charge in [-0.3, -0.25) is 0 Å². The fourth-order valence-corrected chi connectivity index (χ4v) is 2.06. The van der Waals surface area contributed by atoms with E-state index in [0.29, 0.717) is 32.1 Å². The van der Waals surface area contributed by atoms with Crippen molar-refractivity contribution in [1.82, 2.24) is 0 Å². The molecule has 2 aromatic rings. The van der Waals surface area contributed by atoms with E-state index in [1.54, 1.807) is 0 Å². The number of rotatable bonds is 3. The maximum absolute atomic E-state index is 13.1. The van der Waals surface area contributed by atoms with E-state index in [2.05, 4.69) is 0 Å². The van der Waals surface area contributed by atoms with Crippen LogP contribution in [0.5, 0.6) is 5.75 Å². The maximum Gasteiger partial charge on any atom is 0.139 e. The summed E-state index contributed by atoms with van der Waals surface area (Å²) in [6.07, 6.45) is 0. The zero-order valence-electron chi connectivity index (χ0n) is 9.59. The second kappa shape index (κ2) is 5.87. The lowest BCUT2D eigenvalue weighted by molar-refractivity contribution is 0.306. The Labute approximate surface area is 124 Å². The molecule has 0 bridgehead atoms. The van der Waals surface area contributed by atoms with Crippen LogP contribution in [0.1, 0.15) is 5.56 Å². The van der Waals surface area contributed by atoms with Crippen molar-refractivity contribution in [2.45, 2.75) is 6.61 Å². The summed E-state index contributed by atoms with van der Waals surface area (Å²) in [4.78, 5) is 0. The summed E-state index contributed by atoms with van der Waals surface area (Å²) < 4.78 is 18.6. The number of hydrogen-bond acceptors (Lipinski definition) is 2. The van der Waals surface area contributed by atoms with Crippen LogP contribution in [-0.4, -0.2) is 0 Å². The van der Waals surface area contributed by atoms with Gasteiger partial charge in [0.25, 0.3) is 0 Å². The van der Waals surface area contributed by atoms with Gasteiger partial charge in [-0.25, -0.2) is 4.39 Å². The van der Waals surface area contributed by atoms with Crippen molar-refractivity contribution in [3.8, 4) is 5.75 Å². The van der Waals surface area contributed by atoms with Gasteiger partial charge in [-0.15, -0.1) is 0 Å². The highest BCUT2D eigenvalue weighted by molar-refractivity contribution is 6.43. The number of nitrogen functional groups attached to an aromatic ring is 1. The fraction of sp³-hybridized carbons (Fsp3) is 0.0769. The molecule has 0 spiro atoms. The van der Waals surface area contributed by atoms with Gasteiger partial charge in [0.1, 0.15) is 18.2 Å². The molecule has 100 valence electrons. The van der Waals surface area contributed by atoms with Crippen molar-refractivity contribution >= 4 is 40.5 Å². The van der Waals surface area contributed by atoms with Crippen LogP contribution in [-0.2, 0) is 6.61 Å². The fourth-order valence-electron chi connectivity index (χ4n) is 1.47. The van der Waals surface area contributed by atoms with Gasteiger partial charge in [0, 0.05) is 17.3 Å². The first-order chi connectivity index (χ1) is 8.97. The molecule has 6 heteroatoms. The first kappa shape index (κ1) is 14.3. The summed E-state index contributed by atoms with van der Waals surface area (Å²) >= 11 is 17.6. The summed E-state index contributed by atoms with van der Waals surface area (Å²) in [6, 6.07) is 7.05. The quantitative estimate of drug-likeness (QED) is 0.641. The van der Waals surface area contributed by atoms with Crippen LogP contribution >= 0.6 is 34.8 Å². The van der Waals surface area contributed by atoms with E-state index in [1.165, 1.54) is 30.3 Å². The molecule has 0 aliphatic rings. The molecule has 0 aliphatic carbocycles. The summed E-state index contributed by atoms with van der Waals surface area (Å²) in [5.74, 6) is -0.0206. The van der Waals surface area contributed by atoms with Crippen molar-refractivity contribution in [2.75, 3.05) is 5.73 Å². The number of hydrogen-bond donors (Lipinski definition) is 1. The Kier molecular flexibility index (Phi) is 4.40. The van der Waals surface area contributed by atoms with Crippen LogP contribution in [0, 0.1) is 5.82 Å². The van der Waals surface area contributed by atoms with Crippen LogP contribution in [0.2, 0.25) is 15.1 Å². The van der Waals surface area contributed by atoms with Crippen molar-refractivity contribution in [3.63, 3.8) is 0 Å². The van der Waals surface area contributed by atoms with Gasteiger partial charge in [0.05, 0.1) is 15.1 Å². The predicted octanol–water partition coefficient (Wildman–Crippen LogP) is 4.95. The zero-order valence-corrected chi connectivity index (χ0v) is 11.9. The van der Waals surface area contributed by atoms with Crippen LogP contribution in [0.15, 0.2) is 30.3 Å². The van der Waals surface area contributed by atoms with Crippen molar-refractivity contribution in [3.05, 3.63) is 56.8 Å². The molecule has 2 rings (SSSR count). The average Bonchev–Trinajstić information content (AvgIpc) is 2.36. The number of halogens is 4. The first-order valence-electron chi connectivity index (χ1n) is 5.28. The number of benzene rings is 2. The summed E-state index contributed by atoms with van der Waals surface area (Å²) in [5.41, 5.74) is 6.69. The van der Waals surface area contributed by atoms with E-state index in [-0.39, 0.29) is 12.4 Å². The van der Waals surface area contributed by atoms with Gasteiger partial charge in [-0.1, -0.05) is 34.8 Å². The molecule has 0 atom stereocenters. The molecule has 2 N–H and O–H groups in total. The lowest BCUT2D eigenvalue weighted by Crippen LogP contribution is -2.01. The van der Waals surface area contributed by atoms with Crippen LogP contribution in [0.4, 0.5) is 10.1 Å². The number of nitrogens with two attached hydrogens (primary N) is 1. The highest BCUT2D eigenvalue weighted by Crippen LogP contribution is 2.34. The highest BCUT2D eigenvalue weighted by Gasteiger charge is 2.08. The summed E-state index contributed by atoms with van der Waals surface area (Å²) in [5, 5.41) is 0.988. The van der Waals surface area contributed by atoms with Crippen molar-refractivity contribution in [2.24, 2.45) is 0 Å². The molecule has 0 fully saturated rings. The molecule has 0 unspecified atom stereocenters. The third-order valence-electron chi connectivity index (χ3n) is 2.46. The molecule has 2 nitrogen and oxygen atoms in total. The molecule has 0 saturated heterocycles. The minimum atomic E-state index is -0.381. The minimum Gasteiger partial charge on any atom is -0.487 e. The Bertz CT molecular complexity index is 619. The minimum absolute atomic E-state index is 0.0846. The maximum atomic E-state index is 13.1. The van der Waals surface area contributed by atoms with E-state index in [9.17, 15) is 4.39 Å². The molecule has 0 saturated carbocycles. The van der Waals surface area contributed by atoms with Gasteiger partial charge in [-0.2, -0.15) is 0 Å². The van der Waals surface area contributed by atoms with E-state index in [4.69, 9.17) is 45.3 Å². The molecule has 0 aliphatic heterocycles. The molecule has 19 heavy (non-hydrogen) atoms. The monoisotopic (exact) mass is 319 g/mol. The molecule has 0 aromatic heterocycles. The molecular formula is C13H9Cl3FNO. The largest absolute Gasteiger partial charge is 0.487 e. The van der Waals surface area contributed by atoms with E-state index < -0.39 is 0 Å². The van der Waals surface area contributed by atoms with Gasteiger partial charge in [0.2, 0.25) is 0 Å². The topological polar surface area (TPSA) is 35.2 Å². The zero-order chi connectivity index (χ0) is 14.0. The van der Waals surface area contributed by atoms with E-state index >= 15 is 0 Å². The van der Waals surface area contributed by atoms with Crippen molar-refractivity contribution < 1.29 is 9.13 Å². The van der Waals surface area contributed by atoms with Crippen LogP contribution < -0.4 is 10.5 Å². The summed E-state index contributed by atoms with van der Waals surface area (Å²) in [7, 11) is 0. The third kappa shape index (κ3) is 3.44. The van der Waals surface area contributed by atoms with Gasteiger partial charge < -0.3 is 10.5 Å². The van der Waals surface area contributed by atoms with E-state index in [0.717, 1.165) is 0 Å². The third-order valence-corrected chi connectivity index (χ3v) is 3.48. The Morgan fingerprint density at radius 1 is 1.00 bits per heavy atom.